The molecule has 2 N–H and O–H groups in total. The zero-order valence-electron chi connectivity index (χ0n) is 15.2. The predicted octanol–water partition coefficient (Wildman–Crippen LogP) is 1.65. The third-order valence-corrected chi connectivity index (χ3v) is 6.14. The molecule has 0 unspecified atom stereocenters. The second-order valence-corrected chi connectivity index (χ2v) is 8.17. The van der Waals surface area contributed by atoms with Crippen molar-refractivity contribution in [3.63, 3.8) is 0 Å². The molecular formula is C20H29ClN2O3. The van der Waals surface area contributed by atoms with Crippen LogP contribution >= 0.6 is 11.6 Å². The summed E-state index contributed by atoms with van der Waals surface area (Å²) in [4.78, 5) is 17.0. The molecule has 144 valence electrons. The van der Waals surface area contributed by atoms with E-state index < -0.39 is 0 Å². The number of aliphatic hydroxyl groups excluding tert-OH is 2. The molecule has 0 aromatic heterocycles. The first-order valence-corrected chi connectivity index (χ1v) is 9.93. The summed E-state index contributed by atoms with van der Waals surface area (Å²) in [6, 6.07) is 7.40. The highest BCUT2D eigenvalue weighted by molar-refractivity contribution is 6.30. The van der Waals surface area contributed by atoms with Crippen LogP contribution in [0.15, 0.2) is 24.3 Å². The van der Waals surface area contributed by atoms with Crippen LogP contribution in [-0.4, -0.2) is 71.9 Å². The fourth-order valence-corrected chi connectivity index (χ4v) is 4.25. The van der Waals surface area contributed by atoms with E-state index in [1.54, 1.807) is 0 Å². The molecule has 1 aromatic rings. The Morgan fingerprint density at radius 1 is 1.04 bits per heavy atom. The summed E-state index contributed by atoms with van der Waals surface area (Å²) in [7, 11) is 0. The van der Waals surface area contributed by atoms with E-state index in [1.807, 2.05) is 29.2 Å². The Hall–Kier alpha value is -1.14. The fourth-order valence-electron chi connectivity index (χ4n) is 4.13. The number of carbonyl (C=O) groups is 1. The van der Waals surface area contributed by atoms with Crippen molar-refractivity contribution in [2.24, 2.45) is 17.8 Å². The lowest BCUT2D eigenvalue weighted by molar-refractivity contribution is -0.129. The van der Waals surface area contributed by atoms with Crippen molar-refractivity contribution >= 4 is 17.5 Å². The summed E-state index contributed by atoms with van der Waals surface area (Å²) in [5.74, 6) is 1.02. The summed E-state index contributed by atoms with van der Waals surface area (Å²) >= 11 is 5.90. The van der Waals surface area contributed by atoms with Crippen LogP contribution in [0.2, 0.25) is 5.02 Å². The summed E-state index contributed by atoms with van der Waals surface area (Å²) in [5, 5.41) is 19.7. The molecule has 1 aromatic carbocycles. The SMILES string of the molecule is O=C(Cc1ccc(Cl)cc1)N1C[C@@H](CO)[C@@H](CN2CCC(CO)CC2)C1. The van der Waals surface area contributed by atoms with Crippen LogP contribution in [0, 0.1) is 17.8 Å². The number of likely N-dealkylation sites (tertiary alicyclic amines) is 2. The second kappa shape index (κ2) is 9.18. The van der Waals surface area contributed by atoms with Crippen molar-refractivity contribution in [1.29, 1.82) is 0 Å². The molecule has 2 saturated heterocycles. The molecule has 2 heterocycles. The Morgan fingerprint density at radius 3 is 2.31 bits per heavy atom. The summed E-state index contributed by atoms with van der Waals surface area (Å²) in [5.41, 5.74) is 0.967. The van der Waals surface area contributed by atoms with Gasteiger partial charge in [0.2, 0.25) is 5.91 Å². The van der Waals surface area contributed by atoms with Crippen LogP contribution in [0.5, 0.6) is 0 Å². The lowest BCUT2D eigenvalue weighted by atomic mass is 9.93. The Kier molecular flexibility index (Phi) is 6.92. The maximum absolute atomic E-state index is 12.7. The molecule has 0 spiro atoms. The molecule has 0 bridgehead atoms. The van der Waals surface area contributed by atoms with Crippen molar-refractivity contribution in [2.75, 3.05) is 45.9 Å². The number of piperidine rings is 1. The highest BCUT2D eigenvalue weighted by Crippen LogP contribution is 2.27. The fraction of sp³-hybridized carbons (Fsp3) is 0.650. The van der Waals surface area contributed by atoms with Gasteiger partial charge in [-0.3, -0.25) is 4.79 Å². The van der Waals surface area contributed by atoms with Gasteiger partial charge < -0.3 is 20.0 Å². The predicted molar refractivity (Wildman–Crippen MR) is 102 cm³/mol. The first-order chi connectivity index (χ1) is 12.6. The van der Waals surface area contributed by atoms with Gasteiger partial charge in [-0.25, -0.2) is 0 Å². The van der Waals surface area contributed by atoms with Crippen molar-refractivity contribution in [2.45, 2.75) is 19.3 Å². The molecule has 0 radical (unpaired) electrons. The van der Waals surface area contributed by atoms with Gasteiger partial charge in [-0.15, -0.1) is 0 Å². The van der Waals surface area contributed by atoms with Gasteiger partial charge in [-0.05, 0) is 55.5 Å². The number of halogens is 1. The minimum absolute atomic E-state index is 0.118. The Morgan fingerprint density at radius 2 is 1.69 bits per heavy atom. The Labute approximate surface area is 160 Å². The molecule has 2 atom stereocenters. The summed E-state index contributed by atoms with van der Waals surface area (Å²) < 4.78 is 0. The first-order valence-electron chi connectivity index (χ1n) is 9.55. The minimum atomic E-state index is 0.118. The van der Waals surface area contributed by atoms with Gasteiger partial charge >= 0.3 is 0 Å². The van der Waals surface area contributed by atoms with E-state index >= 15 is 0 Å². The zero-order chi connectivity index (χ0) is 18.5. The van der Waals surface area contributed by atoms with Gasteiger partial charge in [0.15, 0.2) is 0 Å². The molecule has 6 heteroatoms. The van der Waals surface area contributed by atoms with Gasteiger partial charge in [0, 0.05) is 43.8 Å². The van der Waals surface area contributed by atoms with E-state index in [-0.39, 0.29) is 25.0 Å². The first kappa shape index (κ1) is 19.6. The van der Waals surface area contributed by atoms with Crippen molar-refractivity contribution < 1.29 is 15.0 Å². The van der Waals surface area contributed by atoms with E-state index in [2.05, 4.69) is 4.90 Å². The number of rotatable bonds is 6. The number of amides is 1. The number of nitrogens with zero attached hydrogens (tertiary/aromatic N) is 2. The van der Waals surface area contributed by atoms with Crippen LogP contribution in [0.1, 0.15) is 18.4 Å². The van der Waals surface area contributed by atoms with E-state index in [0.717, 1.165) is 44.6 Å². The maximum Gasteiger partial charge on any atom is 0.227 e. The normalized spacial score (nSPS) is 25.0. The van der Waals surface area contributed by atoms with Crippen molar-refractivity contribution in [3.8, 4) is 0 Å². The third-order valence-electron chi connectivity index (χ3n) is 5.89. The maximum atomic E-state index is 12.7. The lowest BCUT2D eigenvalue weighted by Gasteiger charge is -2.33. The van der Waals surface area contributed by atoms with Crippen LogP contribution in [0.4, 0.5) is 0 Å². The molecular weight excluding hydrogens is 352 g/mol. The van der Waals surface area contributed by atoms with E-state index in [0.29, 0.717) is 29.8 Å². The lowest BCUT2D eigenvalue weighted by Crippen LogP contribution is -2.40. The average Bonchev–Trinajstić information content (AvgIpc) is 3.07. The average molecular weight is 381 g/mol. The summed E-state index contributed by atoms with van der Waals surface area (Å²) in [6.45, 7) is 4.69. The van der Waals surface area contributed by atoms with Crippen molar-refractivity contribution in [3.05, 3.63) is 34.9 Å². The van der Waals surface area contributed by atoms with Crippen LogP contribution in [-0.2, 0) is 11.2 Å². The molecule has 2 aliphatic heterocycles. The number of benzene rings is 1. The topological polar surface area (TPSA) is 64.0 Å². The molecule has 0 aliphatic carbocycles. The number of carbonyl (C=O) groups excluding carboxylic acids is 1. The molecule has 26 heavy (non-hydrogen) atoms. The molecule has 1 amide bonds. The van der Waals surface area contributed by atoms with E-state index in [1.165, 1.54) is 0 Å². The highest BCUT2D eigenvalue weighted by Gasteiger charge is 2.36. The Balaban J connectivity index is 1.53. The quantitative estimate of drug-likeness (QED) is 0.787. The van der Waals surface area contributed by atoms with Gasteiger partial charge in [0.1, 0.15) is 0 Å². The van der Waals surface area contributed by atoms with Crippen LogP contribution < -0.4 is 0 Å². The second-order valence-electron chi connectivity index (χ2n) is 7.73. The number of hydrogen-bond donors (Lipinski definition) is 2. The molecule has 2 fully saturated rings. The number of hydrogen-bond acceptors (Lipinski definition) is 4. The van der Waals surface area contributed by atoms with Gasteiger partial charge in [0.25, 0.3) is 0 Å². The van der Waals surface area contributed by atoms with Gasteiger partial charge in [0.05, 0.1) is 6.42 Å². The Bertz CT molecular complexity index is 587. The largest absolute Gasteiger partial charge is 0.396 e. The minimum Gasteiger partial charge on any atom is -0.396 e. The monoisotopic (exact) mass is 380 g/mol. The zero-order valence-corrected chi connectivity index (χ0v) is 15.9. The smallest absolute Gasteiger partial charge is 0.227 e. The summed E-state index contributed by atoms with van der Waals surface area (Å²) in [6.07, 6.45) is 2.45. The standard InChI is InChI=1S/C20H29ClN2O3/c21-19-3-1-15(2-4-19)9-20(26)23-11-17(18(12-23)14-25)10-22-7-5-16(13-24)6-8-22/h1-4,16-18,24-25H,5-14H2/t17-,18-/m0/s1. The molecule has 0 saturated carbocycles. The number of aliphatic hydroxyl groups is 2. The van der Waals surface area contributed by atoms with Gasteiger partial charge in [-0.1, -0.05) is 23.7 Å². The van der Waals surface area contributed by atoms with E-state index in [4.69, 9.17) is 11.6 Å². The highest BCUT2D eigenvalue weighted by atomic mass is 35.5. The molecule has 5 nitrogen and oxygen atoms in total. The van der Waals surface area contributed by atoms with Crippen LogP contribution in [0.3, 0.4) is 0 Å². The third kappa shape index (κ3) is 4.97. The van der Waals surface area contributed by atoms with Crippen molar-refractivity contribution in [1.82, 2.24) is 9.80 Å². The van der Waals surface area contributed by atoms with Gasteiger partial charge in [-0.2, -0.15) is 0 Å². The molecule has 3 rings (SSSR count). The molecule has 2 aliphatic rings. The van der Waals surface area contributed by atoms with Crippen LogP contribution in [0.25, 0.3) is 0 Å². The van der Waals surface area contributed by atoms with E-state index in [9.17, 15) is 15.0 Å².